The maximum absolute atomic E-state index is 12.4. The van der Waals surface area contributed by atoms with Crippen LogP contribution in [0.3, 0.4) is 0 Å². The number of hydrogen-bond donors (Lipinski definition) is 2. The van der Waals surface area contributed by atoms with E-state index in [0.29, 0.717) is 28.2 Å². The summed E-state index contributed by atoms with van der Waals surface area (Å²) < 4.78 is 1.83. The Morgan fingerprint density at radius 2 is 1.74 bits per heavy atom. The Balaban J connectivity index is 1.57. The van der Waals surface area contributed by atoms with Crippen LogP contribution < -0.4 is 10.6 Å². The molecule has 0 aliphatic heterocycles. The SMILES string of the molecule is CCc1ccc(NC(=O)CSc2nnc(CC(=O)Nc3ccccc3Cl)n2CC)cc1. The minimum absolute atomic E-state index is 0.0581. The number of anilines is 2. The van der Waals surface area contributed by atoms with Gasteiger partial charge in [-0.1, -0.05) is 54.6 Å². The van der Waals surface area contributed by atoms with Gasteiger partial charge in [-0.25, -0.2) is 0 Å². The van der Waals surface area contributed by atoms with Crippen molar-refractivity contribution in [2.24, 2.45) is 0 Å². The second kappa shape index (κ2) is 11.0. The quantitative estimate of drug-likeness (QED) is 0.464. The molecular formula is C22H24ClN5O2S. The molecule has 2 N–H and O–H groups in total. The highest BCUT2D eigenvalue weighted by Gasteiger charge is 2.16. The van der Waals surface area contributed by atoms with E-state index in [1.165, 1.54) is 17.3 Å². The summed E-state index contributed by atoms with van der Waals surface area (Å²) in [6, 6.07) is 14.8. The molecule has 0 saturated carbocycles. The van der Waals surface area contributed by atoms with E-state index in [4.69, 9.17) is 11.6 Å². The molecule has 9 heteroatoms. The number of thioether (sulfide) groups is 1. The lowest BCUT2D eigenvalue weighted by atomic mass is 10.1. The van der Waals surface area contributed by atoms with Gasteiger partial charge in [0.15, 0.2) is 5.16 Å². The summed E-state index contributed by atoms with van der Waals surface area (Å²) in [6.45, 7) is 4.62. The number of amides is 2. The van der Waals surface area contributed by atoms with Gasteiger partial charge in [-0.3, -0.25) is 9.59 Å². The third-order valence-electron chi connectivity index (χ3n) is 4.55. The van der Waals surface area contributed by atoms with Crippen LogP contribution in [0.5, 0.6) is 0 Å². The molecule has 0 aliphatic carbocycles. The minimum atomic E-state index is -0.236. The summed E-state index contributed by atoms with van der Waals surface area (Å²) >= 11 is 7.37. The van der Waals surface area contributed by atoms with Crippen molar-refractivity contribution < 1.29 is 9.59 Å². The lowest BCUT2D eigenvalue weighted by Gasteiger charge is -2.09. The second-order valence-corrected chi connectivity index (χ2v) is 8.08. The molecule has 0 spiro atoms. The van der Waals surface area contributed by atoms with E-state index in [1.54, 1.807) is 24.3 Å². The number of halogens is 1. The summed E-state index contributed by atoms with van der Waals surface area (Å²) in [5, 5.41) is 15.0. The summed E-state index contributed by atoms with van der Waals surface area (Å²) in [4.78, 5) is 24.7. The lowest BCUT2D eigenvalue weighted by molar-refractivity contribution is -0.116. The van der Waals surface area contributed by atoms with Gasteiger partial charge in [0.1, 0.15) is 5.82 Å². The van der Waals surface area contributed by atoms with Crippen molar-refractivity contribution in [3.8, 4) is 0 Å². The number of carbonyl (C=O) groups excluding carboxylic acids is 2. The van der Waals surface area contributed by atoms with Crippen LogP contribution >= 0.6 is 23.4 Å². The number of carbonyl (C=O) groups is 2. The number of rotatable bonds is 9. The molecule has 2 aromatic carbocycles. The van der Waals surface area contributed by atoms with Crippen LogP contribution in [0.1, 0.15) is 25.2 Å². The van der Waals surface area contributed by atoms with Crippen LogP contribution in [-0.2, 0) is 29.0 Å². The van der Waals surface area contributed by atoms with E-state index >= 15 is 0 Å². The zero-order valence-electron chi connectivity index (χ0n) is 17.4. The van der Waals surface area contributed by atoms with Crippen molar-refractivity contribution in [2.45, 2.75) is 38.4 Å². The third kappa shape index (κ3) is 6.32. The van der Waals surface area contributed by atoms with E-state index in [2.05, 4.69) is 27.8 Å². The Kier molecular flexibility index (Phi) is 8.08. The molecule has 0 radical (unpaired) electrons. The van der Waals surface area contributed by atoms with Gasteiger partial charge in [0.25, 0.3) is 0 Å². The maximum Gasteiger partial charge on any atom is 0.234 e. The van der Waals surface area contributed by atoms with Crippen molar-refractivity contribution >= 4 is 46.6 Å². The zero-order valence-corrected chi connectivity index (χ0v) is 19.0. The number of benzene rings is 2. The molecule has 0 bridgehead atoms. The lowest BCUT2D eigenvalue weighted by Crippen LogP contribution is -2.18. The first kappa shape index (κ1) is 22.8. The summed E-state index contributed by atoms with van der Waals surface area (Å²) in [7, 11) is 0. The highest BCUT2D eigenvalue weighted by atomic mass is 35.5. The predicted octanol–water partition coefficient (Wildman–Crippen LogP) is 4.43. The summed E-state index contributed by atoms with van der Waals surface area (Å²) in [6.07, 6.45) is 1.01. The van der Waals surface area contributed by atoms with Gasteiger partial charge in [0.05, 0.1) is 22.9 Å². The molecule has 0 saturated heterocycles. The van der Waals surface area contributed by atoms with Crippen molar-refractivity contribution in [3.63, 3.8) is 0 Å². The van der Waals surface area contributed by atoms with E-state index in [0.717, 1.165) is 12.1 Å². The standard InChI is InChI=1S/C22H24ClN5O2S/c1-3-15-9-11-16(12-10-15)24-21(30)14-31-22-27-26-19(28(22)4-2)13-20(29)25-18-8-6-5-7-17(18)23/h5-12H,3-4,13-14H2,1-2H3,(H,24,30)(H,25,29). The average molecular weight is 458 g/mol. The molecule has 0 aliphatic rings. The number of nitrogens with zero attached hydrogens (tertiary/aromatic N) is 3. The molecule has 3 aromatic rings. The van der Waals surface area contributed by atoms with Crippen molar-refractivity contribution in [3.05, 3.63) is 64.9 Å². The van der Waals surface area contributed by atoms with Gasteiger partial charge in [0.2, 0.25) is 11.8 Å². The van der Waals surface area contributed by atoms with Crippen molar-refractivity contribution in [1.29, 1.82) is 0 Å². The first-order valence-electron chi connectivity index (χ1n) is 9.98. The topological polar surface area (TPSA) is 88.9 Å². The Bertz CT molecular complexity index is 1050. The van der Waals surface area contributed by atoms with Gasteiger partial charge in [-0.15, -0.1) is 10.2 Å². The third-order valence-corrected chi connectivity index (χ3v) is 5.85. The molecular weight excluding hydrogens is 434 g/mol. The van der Waals surface area contributed by atoms with Crippen LogP contribution in [-0.4, -0.2) is 32.3 Å². The molecule has 0 fully saturated rings. The highest BCUT2D eigenvalue weighted by Crippen LogP contribution is 2.21. The maximum atomic E-state index is 12.4. The van der Waals surface area contributed by atoms with Gasteiger partial charge in [0, 0.05) is 12.2 Å². The van der Waals surface area contributed by atoms with Crippen LogP contribution in [0.4, 0.5) is 11.4 Å². The molecule has 1 heterocycles. The highest BCUT2D eigenvalue weighted by molar-refractivity contribution is 7.99. The smallest absolute Gasteiger partial charge is 0.234 e. The molecule has 2 amide bonds. The molecule has 0 unspecified atom stereocenters. The largest absolute Gasteiger partial charge is 0.325 e. The van der Waals surface area contributed by atoms with Gasteiger partial charge >= 0.3 is 0 Å². The number of aryl methyl sites for hydroxylation is 1. The van der Waals surface area contributed by atoms with Gasteiger partial charge < -0.3 is 15.2 Å². The molecule has 7 nitrogen and oxygen atoms in total. The second-order valence-electron chi connectivity index (χ2n) is 6.74. The normalized spacial score (nSPS) is 10.7. The molecule has 1 aromatic heterocycles. The van der Waals surface area contributed by atoms with E-state index < -0.39 is 0 Å². The molecule has 3 rings (SSSR count). The van der Waals surface area contributed by atoms with E-state index in [9.17, 15) is 9.59 Å². The average Bonchev–Trinajstić information content (AvgIpc) is 3.15. The number of nitrogens with one attached hydrogen (secondary N) is 2. The van der Waals surface area contributed by atoms with Gasteiger partial charge in [-0.05, 0) is 43.2 Å². The number of para-hydroxylation sites is 1. The number of aromatic nitrogens is 3. The van der Waals surface area contributed by atoms with Crippen molar-refractivity contribution in [2.75, 3.05) is 16.4 Å². The molecule has 31 heavy (non-hydrogen) atoms. The molecule has 162 valence electrons. The van der Waals surface area contributed by atoms with Crippen molar-refractivity contribution in [1.82, 2.24) is 14.8 Å². The Morgan fingerprint density at radius 3 is 2.42 bits per heavy atom. The number of hydrogen-bond acceptors (Lipinski definition) is 5. The zero-order chi connectivity index (χ0) is 22.2. The van der Waals surface area contributed by atoms with Gasteiger partial charge in [-0.2, -0.15) is 0 Å². The predicted molar refractivity (Wildman–Crippen MR) is 125 cm³/mol. The molecule has 0 atom stereocenters. The Labute approximate surface area is 190 Å². The fraction of sp³-hybridized carbons (Fsp3) is 0.273. The fourth-order valence-electron chi connectivity index (χ4n) is 2.93. The van der Waals surface area contributed by atoms with E-state index in [-0.39, 0.29) is 24.0 Å². The first-order valence-corrected chi connectivity index (χ1v) is 11.3. The Hall–Kier alpha value is -2.84. The van der Waals surface area contributed by atoms with Crippen LogP contribution in [0.25, 0.3) is 0 Å². The monoisotopic (exact) mass is 457 g/mol. The first-order chi connectivity index (χ1) is 15.0. The summed E-state index contributed by atoms with van der Waals surface area (Å²) in [5.74, 6) is 0.363. The summed E-state index contributed by atoms with van der Waals surface area (Å²) in [5.41, 5.74) is 2.53. The minimum Gasteiger partial charge on any atom is -0.325 e. The van der Waals surface area contributed by atoms with Crippen LogP contribution in [0.2, 0.25) is 5.02 Å². The Morgan fingerprint density at radius 1 is 1.00 bits per heavy atom. The van der Waals surface area contributed by atoms with E-state index in [1.807, 2.05) is 35.8 Å². The van der Waals surface area contributed by atoms with Crippen LogP contribution in [0, 0.1) is 0 Å². The van der Waals surface area contributed by atoms with Crippen LogP contribution in [0.15, 0.2) is 53.7 Å². The fourth-order valence-corrected chi connectivity index (χ4v) is 3.93.